The first-order chi connectivity index (χ1) is 8.78. The zero-order valence-electron chi connectivity index (χ0n) is 10.2. The van der Waals surface area contributed by atoms with Crippen LogP contribution in [0.15, 0.2) is 24.7 Å². The van der Waals surface area contributed by atoms with Gasteiger partial charge in [0.25, 0.3) is 0 Å². The highest BCUT2D eigenvalue weighted by Crippen LogP contribution is 2.19. The molecule has 3 heterocycles. The third-order valence-electron chi connectivity index (χ3n) is 2.74. The molecule has 0 amide bonds. The standard InChI is InChI=1S/C11H13N7/c1-12-10-8-6-14-17(2)11(8)16-9(15-10)7-18-5-3-4-13-18/h3-6H,7H2,1-2H3,(H,12,15,16). The predicted octanol–water partition coefficient (Wildman–Crippen LogP) is 0.650. The van der Waals surface area contributed by atoms with E-state index in [0.29, 0.717) is 12.4 Å². The molecule has 92 valence electrons. The number of rotatable bonds is 3. The van der Waals surface area contributed by atoms with Gasteiger partial charge < -0.3 is 5.32 Å². The average molecular weight is 243 g/mol. The van der Waals surface area contributed by atoms with Gasteiger partial charge in [-0.05, 0) is 6.07 Å². The lowest BCUT2D eigenvalue weighted by Crippen LogP contribution is -2.08. The highest BCUT2D eigenvalue weighted by Gasteiger charge is 2.10. The second kappa shape index (κ2) is 4.10. The molecule has 0 unspecified atom stereocenters. The van der Waals surface area contributed by atoms with Crippen molar-refractivity contribution in [2.75, 3.05) is 12.4 Å². The van der Waals surface area contributed by atoms with E-state index in [2.05, 4.69) is 25.5 Å². The minimum Gasteiger partial charge on any atom is -0.372 e. The molecule has 0 radical (unpaired) electrons. The molecule has 0 aromatic carbocycles. The van der Waals surface area contributed by atoms with E-state index in [0.717, 1.165) is 16.9 Å². The Hall–Kier alpha value is -2.44. The minimum atomic E-state index is 0.544. The summed E-state index contributed by atoms with van der Waals surface area (Å²) in [5.74, 6) is 1.49. The van der Waals surface area contributed by atoms with Gasteiger partial charge in [0.05, 0.1) is 11.6 Å². The molecule has 0 aliphatic rings. The number of nitrogens with one attached hydrogen (secondary N) is 1. The van der Waals surface area contributed by atoms with E-state index in [1.54, 1.807) is 21.8 Å². The van der Waals surface area contributed by atoms with E-state index < -0.39 is 0 Å². The molecular formula is C11H13N7. The fourth-order valence-corrected chi connectivity index (χ4v) is 1.87. The molecular weight excluding hydrogens is 230 g/mol. The number of hydrogen-bond donors (Lipinski definition) is 1. The van der Waals surface area contributed by atoms with Gasteiger partial charge in [0, 0.05) is 26.5 Å². The van der Waals surface area contributed by atoms with Crippen molar-refractivity contribution < 1.29 is 0 Å². The van der Waals surface area contributed by atoms with Gasteiger partial charge in [-0.2, -0.15) is 10.2 Å². The van der Waals surface area contributed by atoms with Gasteiger partial charge in [-0.25, -0.2) is 9.97 Å². The van der Waals surface area contributed by atoms with E-state index in [4.69, 9.17) is 0 Å². The van der Waals surface area contributed by atoms with Gasteiger partial charge >= 0.3 is 0 Å². The van der Waals surface area contributed by atoms with Crippen LogP contribution in [0.4, 0.5) is 5.82 Å². The molecule has 0 aliphatic heterocycles. The summed E-state index contributed by atoms with van der Waals surface area (Å²) in [6.07, 6.45) is 5.39. The molecule has 3 aromatic heterocycles. The highest BCUT2D eigenvalue weighted by molar-refractivity contribution is 5.86. The number of nitrogens with zero attached hydrogens (tertiary/aromatic N) is 6. The van der Waals surface area contributed by atoms with Crippen molar-refractivity contribution in [2.45, 2.75) is 6.54 Å². The first kappa shape index (κ1) is 10.7. The molecule has 1 N–H and O–H groups in total. The molecule has 3 rings (SSSR count). The van der Waals surface area contributed by atoms with Gasteiger partial charge in [-0.15, -0.1) is 0 Å². The highest BCUT2D eigenvalue weighted by atomic mass is 15.3. The number of aryl methyl sites for hydroxylation is 1. The fourth-order valence-electron chi connectivity index (χ4n) is 1.87. The zero-order chi connectivity index (χ0) is 12.5. The summed E-state index contributed by atoms with van der Waals surface area (Å²) >= 11 is 0. The Morgan fingerprint density at radius 1 is 1.28 bits per heavy atom. The molecule has 3 aromatic rings. The molecule has 0 fully saturated rings. The number of anilines is 1. The largest absolute Gasteiger partial charge is 0.372 e. The van der Waals surface area contributed by atoms with Crippen molar-refractivity contribution in [3.8, 4) is 0 Å². The van der Waals surface area contributed by atoms with Gasteiger partial charge in [0.15, 0.2) is 11.5 Å². The van der Waals surface area contributed by atoms with Gasteiger partial charge in [0.1, 0.15) is 12.4 Å². The lowest BCUT2D eigenvalue weighted by molar-refractivity contribution is 0.655. The topological polar surface area (TPSA) is 73.5 Å². The predicted molar refractivity (Wildman–Crippen MR) is 67.2 cm³/mol. The van der Waals surface area contributed by atoms with Gasteiger partial charge in [0.2, 0.25) is 0 Å². The van der Waals surface area contributed by atoms with Crippen LogP contribution in [0.3, 0.4) is 0 Å². The molecule has 0 saturated heterocycles. The van der Waals surface area contributed by atoms with Crippen molar-refractivity contribution in [3.05, 3.63) is 30.5 Å². The Morgan fingerprint density at radius 2 is 2.17 bits per heavy atom. The van der Waals surface area contributed by atoms with Crippen LogP contribution in [-0.2, 0) is 13.6 Å². The van der Waals surface area contributed by atoms with Crippen molar-refractivity contribution in [1.82, 2.24) is 29.5 Å². The van der Waals surface area contributed by atoms with Crippen LogP contribution in [0.1, 0.15) is 5.82 Å². The number of fused-ring (bicyclic) bond motifs is 1. The minimum absolute atomic E-state index is 0.544. The zero-order valence-corrected chi connectivity index (χ0v) is 10.2. The normalized spacial score (nSPS) is 11.0. The quantitative estimate of drug-likeness (QED) is 0.731. The lowest BCUT2D eigenvalue weighted by Gasteiger charge is -2.05. The SMILES string of the molecule is CNc1nc(Cn2cccn2)nc2c1cnn2C. The Kier molecular flexibility index (Phi) is 2.44. The van der Waals surface area contributed by atoms with E-state index >= 15 is 0 Å². The van der Waals surface area contributed by atoms with E-state index in [1.165, 1.54) is 0 Å². The molecule has 0 aliphatic carbocycles. The Labute approximate surface area is 103 Å². The summed E-state index contributed by atoms with van der Waals surface area (Å²) in [6, 6.07) is 1.88. The molecule has 7 nitrogen and oxygen atoms in total. The van der Waals surface area contributed by atoms with Gasteiger partial charge in [-0.1, -0.05) is 0 Å². The summed E-state index contributed by atoms with van der Waals surface area (Å²) in [6.45, 7) is 0.544. The summed E-state index contributed by atoms with van der Waals surface area (Å²) in [4.78, 5) is 8.98. The fraction of sp³-hybridized carbons (Fsp3) is 0.273. The maximum atomic E-state index is 4.51. The van der Waals surface area contributed by atoms with Crippen LogP contribution in [0.25, 0.3) is 11.0 Å². The molecule has 0 bridgehead atoms. The van der Waals surface area contributed by atoms with Crippen molar-refractivity contribution in [1.29, 1.82) is 0 Å². The summed E-state index contributed by atoms with van der Waals surface area (Å²) in [7, 11) is 3.71. The van der Waals surface area contributed by atoms with Crippen LogP contribution < -0.4 is 5.32 Å². The number of hydrogen-bond acceptors (Lipinski definition) is 5. The number of aromatic nitrogens is 6. The Morgan fingerprint density at radius 3 is 2.89 bits per heavy atom. The van der Waals surface area contributed by atoms with E-state index in [-0.39, 0.29) is 0 Å². The second-order valence-corrected chi connectivity index (χ2v) is 3.95. The molecule has 0 spiro atoms. The first-order valence-corrected chi connectivity index (χ1v) is 5.61. The van der Waals surface area contributed by atoms with Crippen molar-refractivity contribution in [3.63, 3.8) is 0 Å². The van der Waals surface area contributed by atoms with Crippen LogP contribution in [0.2, 0.25) is 0 Å². The monoisotopic (exact) mass is 243 g/mol. The van der Waals surface area contributed by atoms with Crippen molar-refractivity contribution >= 4 is 16.9 Å². The smallest absolute Gasteiger partial charge is 0.163 e. The van der Waals surface area contributed by atoms with Crippen LogP contribution in [-0.4, -0.2) is 36.6 Å². The molecule has 0 saturated carbocycles. The summed E-state index contributed by atoms with van der Waals surface area (Å²) in [5.41, 5.74) is 0.816. The second-order valence-electron chi connectivity index (χ2n) is 3.95. The van der Waals surface area contributed by atoms with E-state index in [9.17, 15) is 0 Å². The Balaban J connectivity index is 2.09. The third-order valence-corrected chi connectivity index (χ3v) is 2.74. The maximum absolute atomic E-state index is 4.51. The molecule has 18 heavy (non-hydrogen) atoms. The lowest BCUT2D eigenvalue weighted by atomic mass is 10.4. The average Bonchev–Trinajstić information content (AvgIpc) is 3.00. The van der Waals surface area contributed by atoms with Crippen LogP contribution in [0.5, 0.6) is 0 Å². The third kappa shape index (κ3) is 1.69. The maximum Gasteiger partial charge on any atom is 0.163 e. The first-order valence-electron chi connectivity index (χ1n) is 5.61. The van der Waals surface area contributed by atoms with Crippen LogP contribution in [0, 0.1) is 0 Å². The van der Waals surface area contributed by atoms with Crippen molar-refractivity contribution in [2.24, 2.45) is 7.05 Å². The molecule has 7 heteroatoms. The summed E-state index contributed by atoms with van der Waals surface area (Å²) < 4.78 is 3.53. The van der Waals surface area contributed by atoms with Crippen LogP contribution >= 0.6 is 0 Å². The molecule has 0 atom stereocenters. The van der Waals surface area contributed by atoms with E-state index in [1.807, 2.05) is 26.4 Å². The summed E-state index contributed by atoms with van der Waals surface area (Å²) in [5, 5.41) is 12.3. The van der Waals surface area contributed by atoms with Gasteiger partial charge in [-0.3, -0.25) is 9.36 Å². The Bertz CT molecular complexity index is 668.